The lowest BCUT2D eigenvalue weighted by atomic mass is 10.1. The summed E-state index contributed by atoms with van der Waals surface area (Å²) in [6.45, 7) is 2.00. The van der Waals surface area contributed by atoms with E-state index < -0.39 is 0 Å². The molecule has 3 rings (SSSR count). The molecule has 0 bridgehead atoms. The summed E-state index contributed by atoms with van der Waals surface area (Å²) in [7, 11) is 1.68. The Morgan fingerprint density at radius 2 is 2.14 bits per heavy atom. The number of ether oxygens (including phenoxy) is 1. The molecule has 0 amide bonds. The molecule has 1 heterocycles. The van der Waals surface area contributed by atoms with Gasteiger partial charge in [0.25, 0.3) is 0 Å². The van der Waals surface area contributed by atoms with Crippen LogP contribution in [0.15, 0.2) is 29.4 Å². The molecule has 1 fully saturated rings. The monoisotopic (exact) mass is 305 g/mol. The van der Waals surface area contributed by atoms with Crippen molar-refractivity contribution in [1.29, 1.82) is 0 Å². The zero-order valence-electron chi connectivity index (χ0n) is 12.1. The van der Waals surface area contributed by atoms with Gasteiger partial charge in [-0.15, -0.1) is 5.10 Å². The molecule has 1 aliphatic rings. The van der Waals surface area contributed by atoms with Gasteiger partial charge in [0.15, 0.2) is 0 Å². The first-order valence-corrected chi connectivity index (χ1v) is 7.91. The Hall–Kier alpha value is -1.60. The van der Waals surface area contributed by atoms with Gasteiger partial charge in [-0.3, -0.25) is 0 Å². The lowest BCUT2D eigenvalue weighted by Crippen LogP contribution is -2.23. The van der Waals surface area contributed by atoms with E-state index in [2.05, 4.69) is 15.5 Å². The highest BCUT2D eigenvalue weighted by molar-refractivity contribution is 7.99. The van der Waals surface area contributed by atoms with E-state index in [1.807, 2.05) is 35.9 Å². The fraction of sp³-hybridized carbons (Fsp3) is 0.500. The van der Waals surface area contributed by atoms with Gasteiger partial charge in [0, 0.05) is 11.6 Å². The third-order valence-electron chi connectivity index (χ3n) is 3.51. The standard InChI is InChI=1S/C14H19N5OS/c1-9(15)13(11-5-3-4-6-12(11)20-2)21-14-16-17-18-19(14)10-7-8-10/h3-6,9-10,13H,7-8,15H2,1-2H3. The number of rotatable bonds is 6. The van der Waals surface area contributed by atoms with Crippen LogP contribution in [0.1, 0.15) is 36.6 Å². The number of hydrogen-bond acceptors (Lipinski definition) is 6. The first kappa shape index (κ1) is 14.3. The van der Waals surface area contributed by atoms with Gasteiger partial charge in [-0.2, -0.15) is 0 Å². The number of nitrogens with zero attached hydrogens (tertiary/aromatic N) is 4. The Kier molecular flexibility index (Phi) is 4.12. The minimum Gasteiger partial charge on any atom is -0.496 e. The normalized spacial score (nSPS) is 17.5. The van der Waals surface area contributed by atoms with Crippen LogP contribution in [0, 0.1) is 0 Å². The second-order valence-electron chi connectivity index (χ2n) is 5.28. The lowest BCUT2D eigenvalue weighted by Gasteiger charge is -2.22. The van der Waals surface area contributed by atoms with Gasteiger partial charge < -0.3 is 10.5 Å². The molecule has 2 aromatic rings. The second-order valence-corrected chi connectivity index (χ2v) is 6.39. The largest absolute Gasteiger partial charge is 0.496 e. The van der Waals surface area contributed by atoms with Crippen molar-refractivity contribution in [2.45, 2.75) is 42.3 Å². The molecular formula is C14H19N5OS. The van der Waals surface area contributed by atoms with E-state index in [-0.39, 0.29) is 11.3 Å². The molecule has 112 valence electrons. The summed E-state index contributed by atoms with van der Waals surface area (Å²) in [5.74, 6) is 0.845. The number of nitrogens with two attached hydrogens (primary N) is 1. The Bertz CT molecular complexity index is 611. The van der Waals surface area contributed by atoms with E-state index in [9.17, 15) is 0 Å². The predicted molar refractivity (Wildman–Crippen MR) is 81.3 cm³/mol. The zero-order chi connectivity index (χ0) is 14.8. The van der Waals surface area contributed by atoms with Crippen LogP contribution in [0.4, 0.5) is 0 Å². The van der Waals surface area contributed by atoms with Crippen LogP contribution in [-0.4, -0.2) is 33.4 Å². The van der Waals surface area contributed by atoms with E-state index in [4.69, 9.17) is 10.5 Å². The van der Waals surface area contributed by atoms with Crippen LogP contribution < -0.4 is 10.5 Å². The van der Waals surface area contributed by atoms with Gasteiger partial charge in [-0.25, -0.2) is 4.68 Å². The Morgan fingerprint density at radius 1 is 1.38 bits per heavy atom. The fourth-order valence-corrected chi connectivity index (χ4v) is 3.42. The molecule has 0 saturated heterocycles. The molecule has 21 heavy (non-hydrogen) atoms. The molecular weight excluding hydrogens is 286 g/mol. The van der Waals surface area contributed by atoms with Crippen molar-refractivity contribution in [2.24, 2.45) is 5.73 Å². The summed E-state index contributed by atoms with van der Waals surface area (Å²) >= 11 is 1.60. The zero-order valence-corrected chi connectivity index (χ0v) is 13.0. The van der Waals surface area contributed by atoms with Crippen molar-refractivity contribution in [3.05, 3.63) is 29.8 Å². The Labute approximate surface area is 128 Å². The van der Waals surface area contributed by atoms with Crippen LogP contribution in [0.5, 0.6) is 5.75 Å². The molecule has 6 nitrogen and oxygen atoms in total. The van der Waals surface area contributed by atoms with E-state index in [1.54, 1.807) is 18.9 Å². The summed E-state index contributed by atoms with van der Waals surface area (Å²) in [5.41, 5.74) is 7.27. The summed E-state index contributed by atoms with van der Waals surface area (Å²) < 4.78 is 7.37. The van der Waals surface area contributed by atoms with Gasteiger partial charge in [0.05, 0.1) is 18.4 Å². The summed E-state index contributed by atoms with van der Waals surface area (Å²) in [6, 6.07) is 8.36. The van der Waals surface area contributed by atoms with Gasteiger partial charge in [-0.1, -0.05) is 30.0 Å². The fourth-order valence-electron chi connectivity index (χ4n) is 2.28. The smallest absolute Gasteiger partial charge is 0.210 e. The van der Waals surface area contributed by atoms with Gasteiger partial charge >= 0.3 is 0 Å². The topological polar surface area (TPSA) is 78.9 Å². The van der Waals surface area contributed by atoms with Gasteiger partial charge in [-0.05, 0) is 36.3 Å². The lowest BCUT2D eigenvalue weighted by molar-refractivity contribution is 0.408. The number of methoxy groups -OCH3 is 1. The average Bonchev–Trinajstić information content (AvgIpc) is 3.23. The van der Waals surface area contributed by atoms with Crippen LogP contribution >= 0.6 is 11.8 Å². The minimum absolute atomic E-state index is 0.0457. The molecule has 2 N–H and O–H groups in total. The number of thioether (sulfide) groups is 1. The highest BCUT2D eigenvalue weighted by atomic mass is 32.2. The maximum absolute atomic E-state index is 6.20. The molecule has 0 radical (unpaired) electrons. The number of hydrogen-bond donors (Lipinski definition) is 1. The Balaban J connectivity index is 1.89. The molecule has 0 spiro atoms. The highest BCUT2D eigenvalue weighted by Gasteiger charge is 2.30. The summed E-state index contributed by atoms with van der Waals surface area (Å²) in [5, 5.41) is 12.9. The van der Waals surface area contributed by atoms with Crippen LogP contribution in [0.2, 0.25) is 0 Å². The van der Waals surface area contributed by atoms with Crippen molar-refractivity contribution in [3.8, 4) is 5.75 Å². The maximum Gasteiger partial charge on any atom is 0.210 e. The second kappa shape index (κ2) is 6.03. The van der Waals surface area contributed by atoms with E-state index in [1.165, 1.54) is 0 Å². The molecule has 1 aromatic heterocycles. The van der Waals surface area contributed by atoms with Crippen LogP contribution in [-0.2, 0) is 0 Å². The maximum atomic E-state index is 6.20. The van der Waals surface area contributed by atoms with E-state index in [0.29, 0.717) is 6.04 Å². The number of aromatic nitrogens is 4. The van der Waals surface area contributed by atoms with Gasteiger partial charge in [0.1, 0.15) is 5.75 Å². The number of para-hydroxylation sites is 1. The van der Waals surface area contributed by atoms with Crippen molar-refractivity contribution in [2.75, 3.05) is 7.11 Å². The van der Waals surface area contributed by atoms with Crippen molar-refractivity contribution in [1.82, 2.24) is 20.2 Å². The van der Waals surface area contributed by atoms with E-state index in [0.717, 1.165) is 29.3 Å². The van der Waals surface area contributed by atoms with Crippen molar-refractivity contribution >= 4 is 11.8 Å². The highest BCUT2D eigenvalue weighted by Crippen LogP contribution is 2.43. The quantitative estimate of drug-likeness (QED) is 0.824. The third-order valence-corrected chi connectivity index (χ3v) is 4.93. The summed E-state index contributed by atoms with van der Waals surface area (Å²) in [6.07, 6.45) is 2.30. The number of tetrazole rings is 1. The third kappa shape index (κ3) is 3.03. The van der Waals surface area contributed by atoms with Crippen molar-refractivity contribution in [3.63, 3.8) is 0 Å². The minimum atomic E-state index is -0.0457. The first-order valence-electron chi connectivity index (χ1n) is 7.03. The molecule has 0 aliphatic heterocycles. The molecule has 1 aromatic carbocycles. The van der Waals surface area contributed by atoms with Crippen LogP contribution in [0.3, 0.4) is 0 Å². The average molecular weight is 305 g/mol. The first-order chi connectivity index (χ1) is 10.2. The van der Waals surface area contributed by atoms with E-state index >= 15 is 0 Å². The molecule has 1 saturated carbocycles. The SMILES string of the molecule is COc1ccccc1C(Sc1nnnn1C1CC1)C(C)N. The number of benzene rings is 1. The van der Waals surface area contributed by atoms with Crippen LogP contribution in [0.25, 0.3) is 0 Å². The molecule has 1 aliphatic carbocycles. The summed E-state index contributed by atoms with van der Waals surface area (Å²) in [4.78, 5) is 0. The van der Waals surface area contributed by atoms with Crippen molar-refractivity contribution < 1.29 is 4.74 Å². The van der Waals surface area contributed by atoms with Gasteiger partial charge in [0.2, 0.25) is 5.16 Å². The molecule has 2 atom stereocenters. The predicted octanol–water partition coefficient (Wildman–Crippen LogP) is 2.20. The molecule has 7 heteroatoms. The molecule has 2 unspecified atom stereocenters. The Morgan fingerprint density at radius 3 is 2.81 bits per heavy atom.